The molecule has 0 aromatic heterocycles. The number of hydrogen-bond donors (Lipinski definition) is 4. The predicted octanol–water partition coefficient (Wildman–Crippen LogP) is 10.9. The number of hydrogen-bond acceptors (Lipinski definition) is 7. The molecule has 6 fully saturated rings. The summed E-state index contributed by atoms with van der Waals surface area (Å²) in [6.07, 6.45) is 85.8. The Hall–Kier alpha value is 0.0339. The van der Waals surface area contributed by atoms with E-state index in [4.69, 9.17) is 17.9 Å². The molecule has 0 bridgehead atoms. The number of carbonyl (C=O) groups is 3. The maximum atomic E-state index is 11.6. The van der Waals surface area contributed by atoms with E-state index in [1.807, 2.05) is 14.5 Å². The number of terminal acetylenes is 6. The molecule has 0 spiro atoms. The third kappa shape index (κ3) is 71.9. The minimum absolute atomic E-state index is 0. The van der Waals surface area contributed by atoms with E-state index in [1.54, 1.807) is 33.6 Å². The second-order valence-corrected chi connectivity index (χ2v) is 28.7. The van der Waals surface area contributed by atoms with Crippen LogP contribution in [0.4, 0.5) is 14.4 Å². The Morgan fingerprint density at radius 2 is 0.773 bits per heavy atom. The van der Waals surface area contributed by atoms with Gasteiger partial charge in [-0.05, 0) is 136 Å². The summed E-state index contributed by atoms with van der Waals surface area (Å²) >= 11 is 0. The van der Waals surface area contributed by atoms with Crippen LogP contribution in [0.3, 0.4) is 0 Å². The second-order valence-electron chi connectivity index (χ2n) is 19.9. The predicted molar refractivity (Wildman–Crippen MR) is 412 cm³/mol. The monoisotopic (exact) mass is 1510 g/mol. The van der Waals surface area contributed by atoms with E-state index in [9.17, 15) is 14.4 Å². The summed E-state index contributed by atoms with van der Waals surface area (Å²) in [5.74, 6) is 4.72. The fourth-order valence-electron chi connectivity index (χ4n) is 9.97. The summed E-state index contributed by atoms with van der Waals surface area (Å²) in [6.45, 7) is 0. The van der Waals surface area contributed by atoms with Gasteiger partial charge in [0.2, 0.25) is 0 Å². The Labute approximate surface area is 600 Å². The first-order valence-electron chi connectivity index (χ1n) is 29.3. The van der Waals surface area contributed by atoms with Gasteiger partial charge in [0.25, 0.3) is 14.8 Å². The van der Waals surface area contributed by atoms with E-state index in [1.165, 1.54) is 160 Å². The minimum atomic E-state index is -0.581. The van der Waals surface area contributed by atoms with Crippen LogP contribution in [0.5, 0.6) is 0 Å². The Morgan fingerprint density at radius 3 is 1.08 bits per heavy atom. The van der Waals surface area contributed by atoms with Crippen molar-refractivity contribution in [2.45, 2.75) is 211 Å². The van der Waals surface area contributed by atoms with Gasteiger partial charge in [-0.1, -0.05) is 119 Å². The molecule has 6 rings (SSSR count). The van der Waals surface area contributed by atoms with Crippen molar-refractivity contribution in [1.82, 2.24) is 26.0 Å². The van der Waals surface area contributed by atoms with Crippen LogP contribution < -0.4 is 21.2 Å². The largest absolute Gasteiger partial charge is 0.523 e. The second kappa shape index (κ2) is 93.4. The van der Waals surface area contributed by atoms with Gasteiger partial charge in [-0.25, -0.2) is 4.79 Å². The van der Waals surface area contributed by atoms with Gasteiger partial charge in [0, 0.05) is 91.0 Å². The van der Waals surface area contributed by atoms with Crippen molar-refractivity contribution in [1.29, 1.82) is 0 Å². The molecule has 513 valence electrons. The normalized spacial score (nSPS) is 19.5. The quantitative estimate of drug-likeness (QED) is 0.0388. The van der Waals surface area contributed by atoms with Gasteiger partial charge in [-0.3, -0.25) is 9.59 Å². The van der Waals surface area contributed by atoms with E-state index < -0.39 is 29.3 Å². The van der Waals surface area contributed by atoms with Crippen LogP contribution in [-0.2, 0) is 69.1 Å². The molecule has 0 saturated heterocycles. The summed E-state index contributed by atoms with van der Waals surface area (Å²) in [4.78, 5) is 35.5. The molecule has 12 nitrogen and oxygen atoms in total. The number of carbonyl (C=O) groups excluding carboxylic acids is 3. The molecule has 12 unspecified atom stereocenters. The zero-order valence-corrected chi connectivity index (χ0v) is 67.0. The number of rotatable bonds is 21. The van der Waals surface area contributed by atoms with Crippen LogP contribution >= 0.6 is 55.4 Å². The summed E-state index contributed by atoms with van der Waals surface area (Å²) in [5.41, 5.74) is 2.81. The zero-order valence-electron chi connectivity index (χ0n) is 52.5. The minimum Gasteiger partial charge on any atom is -0.523 e. The maximum absolute atomic E-state index is 11.6. The van der Waals surface area contributed by atoms with E-state index in [2.05, 4.69) is 161 Å². The van der Waals surface area contributed by atoms with Crippen molar-refractivity contribution in [3.8, 4) is 77.1 Å². The van der Waals surface area contributed by atoms with Gasteiger partial charge < -0.3 is 43.9 Å². The summed E-state index contributed by atoms with van der Waals surface area (Å²) in [5, 5.41) is 11.0. The molecule has 5 amide bonds. The van der Waals surface area contributed by atoms with Crippen molar-refractivity contribution in [2.24, 2.45) is 17.8 Å². The topological polar surface area (TPSA) is 139 Å². The van der Waals surface area contributed by atoms with Gasteiger partial charge in [-0.2, -0.15) is 0 Å². The number of nitrogens with one attached hydrogen (secondary N) is 4. The van der Waals surface area contributed by atoms with Crippen molar-refractivity contribution in [3.63, 3.8) is 0 Å². The number of nitrogens with zero attached hydrogens (tertiary/aromatic N) is 1. The van der Waals surface area contributed by atoms with E-state index in [-0.39, 0.29) is 91.6 Å². The molecule has 6 aliphatic carbocycles. The van der Waals surface area contributed by atoms with Crippen molar-refractivity contribution in [2.75, 3.05) is 65.4 Å². The van der Waals surface area contributed by atoms with Gasteiger partial charge in [0.1, 0.15) is 0 Å². The molecule has 0 heterocycles. The number of amides is 5. The maximum Gasteiger partial charge on any atom is 0.388 e. The Morgan fingerprint density at radius 1 is 0.466 bits per heavy atom. The Balaban J connectivity index is -0.0000000757. The average Bonchev–Trinajstić information content (AvgIpc) is 4.47. The molecule has 6 saturated carbocycles. The fraction of sp³-hybridized carbons (Fsp3) is 0.754. The standard InChI is InChI=1S/C9H20BN2O2Si.C8H18BN2O2Si.C8H17BNO3Si.3C7H16P2.6C2H2.3CH4.3Fe/c1-12(9(13)11-7-15-14-2)10-8-5-3-4-6-8;1-13-14-6-10-8(12)11-9-7-4-2-3-5-7;1-12-14-6-10-8(11)13-9-7-4-2-3-5-7;3*8-5-4-6-2-1-3-7(6)9;6*1-2;;;;;;/h8H,3-7,15H2,1-2H3,(H,11,13);7H,2-6,14H2,1H3,(H2,10,11,12);7H,2-6,14H2,1H3,(H,10,11);3*6-7H,1-5,8-9H2;6*1-2H;3*1H4;;;. The average molecular weight is 1510 g/mol. The first-order chi connectivity index (χ1) is 39.9. The van der Waals surface area contributed by atoms with Crippen molar-refractivity contribution in [3.05, 3.63) is 0 Å². The van der Waals surface area contributed by atoms with Crippen LogP contribution in [0.25, 0.3) is 0 Å². The van der Waals surface area contributed by atoms with Gasteiger partial charge in [-0.15, -0.1) is 133 Å². The molecule has 0 aromatic carbocycles. The molecule has 6 aliphatic rings. The Kier molecular flexibility index (Phi) is 122. The van der Waals surface area contributed by atoms with Gasteiger partial charge in [0.15, 0.2) is 29.3 Å². The molecule has 3 radical (unpaired) electrons. The molecule has 88 heavy (non-hydrogen) atoms. The molecular weight excluding hydrogens is 1380 g/mol. The van der Waals surface area contributed by atoms with Crippen LogP contribution in [-0.4, -0.2) is 157 Å². The summed E-state index contributed by atoms with van der Waals surface area (Å²) in [7, 11) is 28.2. The number of urea groups is 2. The SMILES string of the molecule is C.C.C.C#C.C#C.C#C.C#C.C#C.C#C.CO[SiH2]CNC(=O)N(C)[B]C1CCCC1.CO[SiH2]CNC(=O)N[B]C1CCCC1.CO[SiH2]CNC(=O)O[B]C1CCCC1.PCCC1CCCC1P.PCCC1CCCC1P.PCCC1CCCC1P.[Fe].[Fe].[Fe]. The third-order valence-electron chi connectivity index (χ3n) is 14.3. The summed E-state index contributed by atoms with van der Waals surface area (Å²) < 4.78 is 19.8. The van der Waals surface area contributed by atoms with Crippen LogP contribution in [0.2, 0.25) is 17.5 Å². The fourth-order valence-corrected chi connectivity index (χ4v) is 14.7. The van der Waals surface area contributed by atoms with E-state index in [0.717, 1.165) is 47.6 Å². The molecule has 0 aromatic rings. The molecule has 12 atom stereocenters. The van der Waals surface area contributed by atoms with E-state index in [0.29, 0.717) is 36.0 Å². The van der Waals surface area contributed by atoms with E-state index >= 15 is 0 Å². The summed E-state index contributed by atoms with van der Waals surface area (Å²) in [6, 6.07) is -0.104. The Bertz CT molecular complexity index is 1440. The van der Waals surface area contributed by atoms with Crippen molar-refractivity contribution < 1.29 is 83.5 Å². The van der Waals surface area contributed by atoms with Crippen LogP contribution in [0.15, 0.2) is 0 Å². The van der Waals surface area contributed by atoms with Crippen LogP contribution in [0, 0.1) is 94.8 Å². The molecule has 27 heteroatoms. The van der Waals surface area contributed by atoms with Crippen molar-refractivity contribution >= 4 is 125 Å². The van der Waals surface area contributed by atoms with Gasteiger partial charge >= 0.3 is 25.6 Å². The third-order valence-corrected chi connectivity index (χ3v) is 20.5. The molecular formula is C61H127B3Fe3N5O7P6Si3. The first kappa shape index (κ1) is 115. The first-order valence-corrected chi connectivity index (χ1v) is 38.5. The molecule has 4 N–H and O–H groups in total. The van der Waals surface area contributed by atoms with Gasteiger partial charge in [0.05, 0.1) is 0 Å². The smallest absolute Gasteiger partial charge is 0.388 e. The molecule has 0 aliphatic heterocycles. The zero-order chi connectivity index (χ0) is 63.6. The van der Waals surface area contributed by atoms with Crippen LogP contribution in [0.1, 0.15) is 176 Å².